The number of para-hydroxylation sites is 2. The number of primary amides is 1. The summed E-state index contributed by atoms with van der Waals surface area (Å²) in [5.74, 6) is -4.93. The average molecular weight is 641 g/mol. The second-order valence-electron chi connectivity index (χ2n) is 11.2. The number of carbonyl (C=O) groups excluding carboxylic acids is 4. The fraction of sp³-hybridized carbons (Fsp3) is 0.455. The number of benzene rings is 2. The highest BCUT2D eigenvalue weighted by molar-refractivity contribution is 5.94. The number of aromatic nitrogens is 2. The quantitative estimate of drug-likeness (QED) is 0.106. The summed E-state index contributed by atoms with van der Waals surface area (Å²) < 4.78 is 29.7. The molecule has 0 aliphatic heterocycles. The molecule has 0 unspecified atom stereocenters. The molecule has 0 spiro atoms. The van der Waals surface area contributed by atoms with Crippen molar-refractivity contribution in [3.8, 4) is 0 Å². The smallest absolute Gasteiger partial charge is 0.308 e. The Morgan fingerprint density at radius 3 is 2.46 bits per heavy atom. The number of nitrogens with two attached hydrogens (primary N) is 1. The first kappa shape index (κ1) is 36.0. The van der Waals surface area contributed by atoms with Gasteiger partial charge in [0, 0.05) is 19.8 Å². The third-order valence-electron chi connectivity index (χ3n) is 7.08. The molecule has 1 heterocycles. The summed E-state index contributed by atoms with van der Waals surface area (Å²) in [6, 6.07) is 11.9. The number of hydrogen-bond acceptors (Lipinski definition) is 10. The number of amides is 2. The van der Waals surface area contributed by atoms with Gasteiger partial charge in [0.2, 0.25) is 11.7 Å². The second kappa shape index (κ2) is 17.3. The van der Waals surface area contributed by atoms with Gasteiger partial charge in [0.1, 0.15) is 11.5 Å². The molecule has 2 aromatic carbocycles. The molecule has 3 aromatic rings. The number of aliphatic hydroxyl groups is 1. The van der Waals surface area contributed by atoms with Gasteiger partial charge in [-0.25, -0.2) is 9.37 Å². The fourth-order valence-electron chi connectivity index (χ4n) is 4.78. The lowest BCUT2D eigenvalue weighted by molar-refractivity contribution is -0.216. The molecule has 12 nitrogen and oxygen atoms in total. The van der Waals surface area contributed by atoms with Gasteiger partial charge < -0.3 is 30.4 Å². The third-order valence-corrected chi connectivity index (χ3v) is 7.08. The number of ether oxygens (including phenoxy) is 3. The number of esters is 2. The Hall–Kier alpha value is -4.49. The van der Waals surface area contributed by atoms with Gasteiger partial charge >= 0.3 is 11.9 Å². The number of aliphatic hydroxyl groups excluding tert-OH is 1. The van der Waals surface area contributed by atoms with E-state index in [-0.39, 0.29) is 51.0 Å². The Labute approximate surface area is 266 Å². The maximum absolute atomic E-state index is 13.9. The van der Waals surface area contributed by atoms with Gasteiger partial charge in [0.05, 0.1) is 55.4 Å². The molecule has 0 bridgehead atoms. The Morgan fingerprint density at radius 2 is 1.76 bits per heavy atom. The van der Waals surface area contributed by atoms with Crippen LogP contribution in [0.25, 0.3) is 11.0 Å². The first-order chi connectivity index (χ1) is 21.9. The van der Waals surface area contributed by atoms with Gasteiger partial charge in [-0.2, -0.15) is 0 Å². The van der Waals surface area contributed by atoms with Crippen LogP contribution in [0.3, 0.4) is 0 Å². The van der Waals surface area contributed by atoms with Crippen LogP contribution in [0.4, 0.5) is 4.39 Å². The molecule has 46 heavy (non-hydrogen) atoms. The summed E-state index contributed by atoms with van der Waals surface area (Å²) in [6.45, 7) is 5.08. The van der Waals surface area contributed by atoms with Crippen molar-refractivity contribution in [1.82, 2.24) is 15.3 Å². The first-order valence-electron chi connectivity index (χ1n) is 15.1. The van der Waals surface area contributed by atoms with E-state index < -0.39 is 53.4 Å². The molecule has 0 aliphatic carbocycles. The predicted octanol–water partition coefficient (Wildman–Crippen LogP) is 3.38. The zero-order valence-corrected chi connectivity index (χ0v) is 26.2. The molecular formula is C33H41FN4O8. The molecule has 1 aromatic heterocycles. The lowest BCUT2D eigenvalue weighted by Gasteiger charge is -2.27. The molecule has 13 heteroatoms. The van der Waals surface area contributed by atoms with Gasteiger partial charge in [-0.05, 0) is 62.4 Å². The maximum Gasteiger partial charge on any atom is 0.308 e. The van der Waals surface area contributed by atoms with Gasteiger partial charge in [-0.15, -0.1) is 0 Å². The fourth-order valence-corrected chi connectivity index (χ4v) is 4.78. The monoisotopic (exact) mass is 640 g/mol. The Kier molecular flexibility index (Phi) is 13.5. The van der Waals surface area contributed by atoms with Crippen LogP contribution >= 0.6 is 0 Å². The van der Waals surface area contributed by atoms with Crippen LogP contribution in [0.1, 0.15) is 68.9 Å². The summed E-state index contributed by atoms with van der Waals surface area (Å²) in [4.78, 5) is 57.7. The summed E-state index contributed by atoms with van der Waals surface area (Å²) in [6.07, 6.45) is 0.357. The topological polar surface area (TPSA) is 180 Å². The minimum absolute atomic E-state index is 0.0305. The van der Waals surface area contributed by atoms with E-state index in [4.69, 9.17) is 19.9 Å². The number of fused-ring (bicyclic) bond motifs is 1. The van der Waals surface area contributed by atoms with Gasteiger partial charge in [0.15, 0.2) is 0 Å². The van der Waals surface area contributed by atoms with Crippen molar-refractivity contribution in [2.75, 3.05) is 13.2 Å². The Morgan fingerprint density at radius 1 is 1.04 bits per heavy atom. The Bertz CT molecular complexity index is 1500. The van der Waals surface area contributed by atoms with Gasteiger partial charge in [0.25, 0.3) is 5.91 Å². The molecule has 0 radical (unpaired) electrons. The summed E-state index contributed by atoms with van der Waals surface area (Å²) in [5.41, 5.74) is 7.35. The molecule has 3 rings (SSSR count). The van der Waals surface area contributed by atoms with Crippen LogP contribution in [0.5, 0.6) is 0 Å². The maximum atomic E-state index is 13.9. The zero-order chi connectivity index (χ0) is 33.7. The van der Waals surface area contributed by atoms with Crippen molar-refractivity contribution in [2.45, 2.75) is 77.2 Å². The molecule has 248 valence electrons. The van der Waals surface area contributed by atoms with Gasteiger partial charge in [-0.3, -0.25) is 24.2 Å². The van der Waals surface area contributed by atoms with Crippen molar-refractivity contribution in [3.63, 3.8) is 0 Å². The second-order valence-corrected chi connectivity index (χ2v) is 11.2. The molecule has 0 fully saturated rings. The van der Waals surface area contributed by atoms with Crippen LogP contribution in [0, 0.1) is 11.7 Å². The van der Waals surface area contributed by atoms with Crippen molar-refractivity contribution in [2.24, 2.45) is 11.7 Å². The van der Waals surface area contributed by atoms with Crippen molar-refractivity contribution in [1.29, 1.82) is 0 Å². The third kappa shape index (κ3) is 11.8. The van der Waals surface area contributed by atoms with E-state index in [2.05, 4.69) is 15.3 Å². The zero-order valence-electron chi connectivity index (χ0n) is 26.2. The minimum Gasteiger partial charge on any atom is -0.466 e. The number of carbonyl (C=O) groups is 4. The van der Waals surface area contributed by atoms with E-state index >= 15 is 0 Å². The number of halogens is 1. The SMILES string of the molecule is CCOC(=O)CCC(=O)OC(C)(C)OCCC[C@H](C[C@H](O)[C@H](Cc1cccc(F)c1)NC(=O)c1cnc2ccccc2n1)C(N)=O. The van der Waals surface area contributed by atoms with Gasteiger partial charge in [-0.1, -0.05) is 24.3 Å². The molecule has 0 saturated heterocycles. The molecular weight excluding hydrogens is 599 g/mol. The normalized spacial score (nSPS) is 13.4. The summed E-state index contributed by atoms with van der Waals surface area (Å²) >= 11 is 0. The Balaban J connectivity index is 1.61. The van der Waals surface area contributed by atoms with Crippen LogP contribution in [0.15, 0.2) is 54.7 Å². The average Bonchev–Trinajstić information content (AvgIpc) is 3.00. The van der Waals surface area contributed by atoms with E-state index in [0.717, 1.165) is 0 Å². The molecule has 3 atom stereocenters. The predicted molar refractivity (Wildman–Crippen MR) is 165 cm³/mol. The lowest BCUT2D eigenvalue weighted by Crippen LogP contribution is -2.46. The largest absolute Gasteiger partial charge is 0.466 e. The molecule has 0 saturated carbocycles. The number of rotatable bonds is 18. The molecule has 4 N–H and O–H groups in total. The number of nitrogens with zero attached hydrogens (tertiary/aromatic N) is 2. The highest BCUT2D eigenvalue weighted by Crippen LogP contribution is 2.21. The van der Waals surface area contributed by atoms with Crippen LogP contribution in [0.2, 0.25) is 0 Å². The van der Waals surface area contributed by atoms with E-state index in [1.54, 1.807) is 51.1 Å². The lowest BCUT2D eigenvalue weighted by atomic mass is 9.90. The van der Waals surface area contributed by atoms with E-state index in [1.807, 2.05) is 0 Å². The van der Waals surface area contributed by atoms with Crippen LogP contribution < -0.4 is 11.1 Å². The highest BCUT2D eigenvalue weighted by Gasteiger charge is 2.29. The van der Waals surface area contributed by atoms with Crippen molar-refractivity contribution in [3.05, 3.63) is 71.8 Å². The highest BCUT2D eigenvalue weighted by atomic mass is 19.1. The molecule has 2 amide bonds. The summed E-state index contributed by atoms with van der Waals surface area (Å²) in [5, 5.41) is 14.0. The summed E-state index contributed by atoms with van der Waals surface area (Å²) in [7, 11) is 0. The standard InChI is InChI=1S/C33H41FN4O8/c1-4-44-29(40)14-15-30(41)46-33(2,3)45-16-8-10-22(31(35)42)19-28(39)26(18-21-9-7-11-23(34)17-21)38-32(43)27-20-36-24-12-5-6-13-25(24)37-27/h5-7,9,11-13,17,20,22,26,28,39H,4,8,10,14-16,18-19H2,1-3H3,(H2,35,42)(H,38,43)/t22-,26+,28+/m1/s1. The van der Waals surface area contributed by atoms with E-state index in [1.165, 1.54) is 24.4 Å². The van der Waals surface area contributed by atoms with Crippen molar-refractivity contribution >= 4 is 34.8 Å². The number of hydrogen-bond donors (Lipinski definition) is 3. The minimum atomic E-state index is -1.29. The van der Waals surface area contributed by atoms with E-state index in [0.29, 0.717) is 23.0 Å². The number of nitrogens with one attached hydrogen (secondary N) is 1. The van der Waals surface area contributed by atoms with Crippen LogP contribution in [-0.4, -0.2) is 70.0 Å². The van der Waals surface area contributed by atoms with E-state index in [9.17, 15) is 28.7 Å². The molecule has 0 aliphatic rings. The first-order valence-corrected chi connectivity index (χ1v) is 15.1. The van der Waals surface area contributed by atoms with Crippen LogP contribution in [-0.2, 0) is 35.0 Å². The van der Waals surface area contributed by atoms with Crippen molar-refractivity contribution < 1.29 is 42.9 Å².